The number of aliphatic carboxylic acids is 1. The predicted octanol–water partition coefficient (Wildman–Crippen LogP) is 6.78. The summed E-state index contributed by atoms with van der Waals surface area (Å²) in [5, 5.41) is 9.69. The Morgan fingerprint density at radius 3 is 1.45 bits per heavy atom. The Morgan fingerprint density at radius 1 is 0.603 bits per heavy atom. The first kappa shape index (κ1) is 55.3. The van der Waals surface area contributed by atoms with Crippen LogP contribution in [0.1, 0.15) is 79.1 Å². The summed E-state index contributed by atoms with van der Waals surface area (Å²) >= 11 is 0. The van der Waals surface area contributed by atoms with E-state index in [0.717, 1.165) is 25.7 Å². The lowest BCUT2D eigenvalue weighted by Gasteiger charge is -2.28. The molecule has 0 aliphatic heterocycles. The van der Waals surface area contributed by atoms with Gasteiger partial charge in [0.1, 0.15) is 0 Å². The molecule has 0 spiro atoms. The van der Waals surface area contributed by atoms with Gasteiger partial charge in [-0.25, -0.2) is 14.4 Å². The average molecular weight is 868 g/mol. The number of nitrogens with two attached hydrogens (primary N) is 1. The van der Waals surface area contributed by atoms with Gasteiger partial charge in [-0.15, -0.1) is 0 Å². The smallest absolute Gasteiger partial charge is 0.413 e. The second-order valence-corrected chi connectivity index (χ2v) is 11.8. The molecule has 1 rings (SSSR count). The molecule has 0 unspecified atom stereocenters. The minimum Gasteiger partial charge on any atom is -0.477 e. The third-order valence-electron chi connectivity index (χ3n) is 7.26. The number of rotatable bonds is 22. The number of hydrogen-bond acceptors (Lipinski definition) is 8. The number of amides is 3. The van der Waals surface area contributed by atoms with Gasteiger partial charge in [-0.3, -0.25) is 14.4 Å². The van der Waals surface area contributed by atoms with E-state index in [0.29, 0.717) is 24.2 Å². The van der Waals surface area contributed by atoms with E-state index in [9.17, 15) is 81.5 Å². The molecule has 1 aromatic carbocycles. The van der Waals surface area contributed by atoms with Gasteiger partial charge in [-0.05, 0) is 38.8 Å². The number of carbonyl (C=O) groups is 6. The van der Waals surface area contributed by atoms with Gasteiger partial charge in [0.2, 0.25) is 0 Å². The first-order chi connectivity index (χ1) is 26.5. The Hall–Kier alpha value is -4.80. The quantitative estimate of drug-likeness (QED) is 0.0643. The lowest BCUT2D eigenvalue weighted by atomic mass is 10.1. The van der Waals surface area contributed by atoms with E-state index < -0.39 is 84.4 Å². The zero-order valence-electron chi connectivity index (χ0n) is 31.6. The SMILES string of the molecule is CCCCCCCCOC(=O)C(F)(F)C(F)(F)C(N)=O.CCCCOC(=O)C(F)(F)C(F)(F)C(=O)NCC.CCN(C(=O)C(F)(F)C(F)(F)C(=O)O)c1ccccc1. The van der Waals surface area contributed by atoms with Crippen LogP contribution in [-0.4, -0.2) is 103 Å². The van der Waals surface area contributed by atoms with E-state index in [1.807, 2.05) is 6.92 Å². The highest BCUT2D eigenvalue weighted by Crippen LogP contribution is 2.38. The molecule has 0 bridgehead atoms. The lowest BCUT2D eigenvalue weighted by Crippen LogP contribution is -2.57. The van der Waals surface area contributed by atoms with Gasteiger partial charge in [0.25, 0.3) is 11.8 Å². The number of nitrogens with zero attached hydrogens (tertiary/aromatic N) is 1. The number of benzene rings is 1. The molecule has 3 amide bonds. The highest BCUT2D eigenvalue weighted by molar-refractivity contribution is 6.02. The molecule has 0 aliphatic rings. The number of nitrogens with one attached hydrogen (secondary N) is 1. The molecule has 0 aliphatic carbocycles. The highest BCUT2D eigenvalue weighted by atomic mass is 19.3. The maximum Gasteiger partial charge on any atom is 0.413 e. The van der Waals surface area contributed by atoms with E-state index in [2.05, 4.69) is 15.2 Å². The van der Waals surface area contributed by atoms with Gasteiger partial charge in [0.15, 0.2) is 0 Å². The molecular formula is C34H45F12N3O9. The molecule has 0 radical (unpaired) electrons. The van der Waals surface area contributed by atoms with Crippen LogP contribution in [0.25, 0.3) is 0 Å². The van der Waals surface area contributed by atoms with Crippen molar-refractivity contribution in [3.63, 3.8) is 0 Å². The summed E-state index contributed by atoms with van der Waals surface area (Å²) in [5.41, 5.74) is 4.11. The number of alkyl halides is 12. The molecule has 12 nitrogen and oxygen atoms in total. The summed E-state index contributed by atoms with van der Waals surface area (Å²) in [4.78, 5) is 65.0. The molecular weight excluding hydrogens is 822 g/mol. The molecule has 0 atom stereocenters. The zero-order chi connectivity index (χ0) is 45.8. The minimum atomic E-state index is -5.48. The number of unbranched alkanes of at least 4 members (excludes halogenated alkanes) is 6. The Kier molecular flexibility index (Phi) is 23.1. The fourth-order valence-corrected chi connectivity index (χ4v) is 3.85. The van der Waals surface area contributed by atoms with Crippen molar-refractivity contribution in [1.82, 2.24) is 5.32 Å². The summed E-state index contributed by atoms with van der Waals surface area (Å²) in [6.45, 7) is 4.97. The van der Waals surface area contributed by atoms with Gasteiger partial charge < -0.3 is 30.5 Å². The number of carboxylic acids is 1. The summed E-state index contributed by atoms with van der Waals surface area (Å²) in [6, 6.07) is 6.95. The summed E-state index contributed by atoms with van der Waals surface area (Å²) < 4.78 is 165. The largest absolute Gasteiger partial charge is 0.477 e. The van der Waals surface area contributed by atoms with E-state index in [-0.39, 0.29) is 25.2 Å². The fraction of sp³-hybridized carbons (Fsp3) is 0.647. The molecule has 0 fully saturated rings. The average Bonchev–Trinajstić information content (AvgIpc) is 3.15. The number of ether oxygens (including phenoxy) is 2. The van der Waals surface area contributed by atoms with Crippen LogP contribution in [0.15, 0.2) is 30.3 Å². The molecule has 24 heteroatoms. The molecule has 0 saturated carbocycles. The molecule has 334 valence electrons. The number of primary amides is 1. The third-order valence-corrected chi connectivity index (χ3v) is 7.26. The van der Waals surface area contributed by atoms with Crippen molar-refractivity contribution in [2.24, 2.45) is 5.73 Å². The van der Waals surface area contributed by atoms with Crippen LogP contribution >= 0.6 is 0 Å². The van der Waals surface area contributed by atoms with Crippen LogP contribution in [0.4, 0.5) is 58.4 Å². The Balaban J connectivity index is 0. The van der Waals surface area contributed by atoms with E-state index in [4.69, 9.17) is 5.11 Å². The second kappa shape index (κ2) is 24.2. The van der Waals surface area contributed by atoms with Gasteiger partial charge in [0.05, 0.1) is 13.2 Å². The van der Waals surface area contributed by atoms with Gasteiger partial charge in [-0.1, -0.05) is 70.6 Å². The van der Waals surface area contributed by atoms with E-state index in [1.54, 1.807) is 13.0 Å². The monoisotopic (exact) mass is 867 g/mol. The number of halogens is 12. The number of anilines is 1. The highest BCUT2D eigenvalue weighted by Gasteiger charge is 2.69. The van der Waals surface area contributed by atoms with Gasteiger partial charge in [0, 0.05) is 18.8 Å². The van der Waals surface area contributed by atoms with Crippen molar-refractivity contribution < 1.29 is 96.0 Å². The number of hydrogen-bond donors (Lipinski definition) is 3. The van der Waals surface area contributed by atoms with Crippen molar-refractivity contribution in [3.05, 3.63) is 30.3 Å². The maximum absolute atomic E-state index is 13.4. The van der Waals surface area contributed by atoms with Gasteiger partial charge in [-0.2, -0.15) is 52.7 Å². The first-order valence-electron chi connectivity index (χ1n) is 17.3. The first-order valence-corrected chi connectivity index (χ1v) is 17.3. The van der Waals surface area contributed by atoms with Crippen LogP contribution in [0, 0.1) is 0 Å². The molecule has 0 saturated heterocycles. The Labute approximate surface area is 324 Å². The lowest BCUT2D eigenvalue weighted by molar-refractivity contribution is -0.226. The number of esters is 2. The zero-order valence-corrected chi connectivity index (χ0v) is 31.6. The number of carboxylic acid groups (broad SMARTS) is 1. The van der Waals surface area contributed by atoms with Gasteiger partial charge >= 0.3 is 59.4 Å². The van der Waals surface area contributed by atoms with Crippen molar-refractivity contribution in [2.75, 3.05) is 31.2 Å². The summed E-state index contributed by atoms with van der Waals surface area (Å²) in [7, 11) is 0. The van der Waals surface area contributed by atoms with E-state index >= 15 is 0 Å². The summed E-state index contributed by atoms with van der Waals surface area (Å²) in [6.07, 6.45) is 5.67. The van der Waals surface area contributed by atoms with Crippen molar-refractivity contribution >= 4 is 41.3 Å². The number of carbonyl (C=O) groups excluding carboxylic acids is 5. The molecule has 0 heterocycles. The van der Waals surface area contributed by atoms with Crippen molar-refractivity contribution in [1.29, 1.82) is 0 Å². The van der Waals surface area contributed by atoms with Crippen molar-refractivity contribution in [3.8, 4) is 0 Å². The predicted molar refractivity (Wildman–Crippen MR) is 180 cm³/mol. The summed E-state index contributed by atoms with van der Waals surface area (Å²) in [5.74, 6) is -46.6. The van der Waals surface area contributed by atoms with Crippen LogP contribution in [0.5, 0.6) is 0 Å². The second-order valence-electron chi connectivity index (χ2n) is 11.8. The van der Waals surface area contributed by atoms with Crippen LogP contribution in [-0.2, 0) is 38.2 Å². The maximum atomic E-state index is 13.4. The Morgan fingerprint density at radius 2 is 1.03 bits per heavy atom. The van der Waals surface area contributed by atoms with Crippen LogP contribution in [0.3, 0.4) is 0 Å². The van der Waals surface area contributed by atoms with Crippen molar-refractivity contribution in [2.45, 2.75) is 115 Å². The minimum absolute atomic E-state index is 0.0270. The Bertz CT molecular complexity index is 1490. The molecule has 0 aromatic heterocycles. The van der Waals surface area contributed by atoms with E-state index in [1.165, 1.54) is 43.4 Å². The molecule has 1 aromatic rings. The fourth-order valence-electron chi connectivity index (χ4n) is 3.85. The molecule has 4 N–H and O–H groups in total. The third kappa shape index (κ3) is 14.9. The standard InChI is InChI=1S/C12H11F4NO3.C12H19F4NO3.C10H15F4NO3/c1-2-17(8-6-4-3-5-7-8)9(18)11(13,14)12(15,16)10(19)20;1-2-3-4-5-6-7-8-20-10(19)12(15,16)11(13,14)9(17)18;1-3-5-6-18-8(17)10(13,14)9(11,12)7(16)15-4-2/h3-7H,2H2,1H3,(H,19,20);2-8H2,1H3,(H2,17,18);3-6H2,1-2H3,(H,15,16). The molecule has 58 heavy (non-hydrogen) atoms. The topological polar surface area (TPSA) is 182 Å². The normalized spacial score (nSPS) is 12.1. The number of para-hydroxylation sites is 1. The van der Waals surface area contributed by atoms with Crippen LogP contribution in [0.2, 0.25) is 0 Å². The van der Waals surface area contributed by atoms with Crippen LogP contribution < -0.4 is 16.0 Å².